The molecule has 2 aliphatic heterocycles. The second-order valence-corrected chi connectivity index (χ2v) is 7.46. The number of likely N-dealkylation sites (tertiary alicyclic amines) is 2. The van der Waals surface area contributed by atoms with Gasteiger partial charge in [-0.1, -0.05) is 20.3 Å². The number of hydrogen-bond donors (Lipinski definition) is 1. The molecular formula is C18H37N3. The maximum Gasteiger partial charge on any atom is 0.0120 e. The molecule has 2 saturated heterocycles. The molecule has 1 N–H and O–H groups in total. The van der Waals surface area contributed by atoms with Gasteiger partial charge in [0.15, 0.2) is 0 Å². The van der Waals surface area contributed by atoms with Crippen molar-refractivity contribution in [1.82, 2.24) is 15.1 Å². The first-order chi connectivity index (χ1) is 10.3. The lowest BCUT2D eigenvalue weighted by molar-refractivity contribution is 0.0930. The average molecular weight is 296 g/mol. The second kappa shape index (κ2) is 9.81. The van der Waals surface area contributed by atoms with Gasteiger partial charge in [-0.25, -0.2) is 0 Å². The summed E-state index contributed by atoms with van der Waals surface area (Å²) in [6.45, 7) is 13.6. The molecule has 0 aliphatic carbocycles. The molecule has 0 atom stereocenters. The highest BCUT2D eigenvalue weighted by atomic mass is 15.2. The van der Waals surface area contributed by atoms with Crippen molar-refractivity contribution >= 4 is 0 Å². The highest BCUT2D eigenvalue weighted by Gasteiger charge is 2.25. The molecule has 0 saturated carbocycles. The Labute approximate surface area is 132 Å². The topological polar surface area (TPSA) is 18.5 Å². The Bertz CT molecular complexity index is 253. The molecule has 0 unspecified atom stereocenters. The minimum Gasteiger partial charge on any atom is -0.315 e. The molecule has 2 rings (SSSR count). The van der Waals surface area contributed by atoms with E-state index in [0.29, 0.717) is 0 Å². The van der Waals surface area contributed by atoms with Gasteiger partial charge in [0.05, 0.1) is 0 Å². The molecule has 2 fully saturated rings. The van der Waals surface area contributed by atoms with Crippen LogP contribution in [0.2, 0.25) is 0 Å². The summed E-state index contributed by atoms with van der Waals surface area (Å²) >= 11 is 0. The van der Waals surface area contributed by atoms with E-state index in [1.54, 1.807) is 0 Å². The fraction of sp³-hybridized carbons (Fsp3) is 1.00. The molecule has 0 spiro atoms. The van der Waals surface area contributed by atoms with Gasteiger partial charge in [0.25, 0.3) is 0 Å². The second-order valence-electron chi connectivity index (χ2n) is 7.46. The standard InChI is InChI=1S/C18H37N3/c1-17(2)7-6-10-19-11-16-20-14-8-18(9-15-20)21-12-4-3-5-13-21/h17-19H,3-16H2,1-2H3. The van der Waals surface area contributed by atoms with Gasteiger partial charge in [-0.05, 0) is 77.2 Å². The zero-order chi connectivity index (χ0) is 14.9. The third kappa shape index (κ3) is 6.66. The number of hydrogen-bond acceptors (Lipinski definition) is 3. The maximum atomic E-state index is 3.61. The number of piperidine rings is 2. The molecule has 0 aromatic heterocycles. The minimum absolute atomic E-state index is 0.848. The van der Waals surface area contributed by atoms with E-state index < -0.39 is 0 Å². The zero-order valence-corrected chi connectivity index (χ0v) is 14.4. The van der Waals surface area contributed by atoms with Crippen molar-refractivity contribution in [3.8, 4) is 0 Å². The fourth-order valence-electron chi connectivity index (χ4n) is 3.79. The quantitative estimate of drug-likeness (QED) is 0.695. The first-order valence-electron chi connectivity index (χ1n) is 9.43. The van der Waals surface area contributed by atoms with Gasteiger partial charge in [0.1, 0.15) is 0 Å². The van der Waals surface area contributed by atoms with E-state index in [-0.39, 0.29) is 0 Å². The highest BCUT2D eigenvalue weighted by Crippen LogP contribution is 2.20. The first kappa shape index (κ1) is 17.2. The van der Waals surface area contributed by atoms with Gasteiger partial charge < -0.3 is 15.1 Å². The van der Waals surface area contributed by atoms with Crippen molar-refractivity contribution in [2.45, 2.75) is 64.8 Å². The van der Waals surface area contributed by atoms with Crippen LogP contribution >= 0.6 is 0 Å². The smallest absolute Gasteiger partial charge is 0.0120 e. The summed E-state index contributed by atoms with van der Waals surface area (Å²) in [7, 11) is 0. The Morgan fingerprint density at radius 3 is 2.33 bits per heavy atom. The van der Waals surface area contributed by atoms with Crippen LogP contribution in [0.15, 0.2) is 0 Å². The van der Waals surface area contributed by atoms with Crippen LogP contribution < -0.4 is 5.32 Å². The fourth-order valence-corrected chi connectivity index (χ4v) is 3.79. The van der Waals surface area contributed by atoms with Crippen molar-refractivity contribution in [3.63, 3.8) is 0 Å². The van der Waals surface area contributed by atoms with Gasteiger partial charge in [-0.3, -0.25) is 0 Å². The van der Waals surface area contributed by atoms with Crippen molar-refractivity contribution in [3.05, 3.63) is 0 Å². The van der Waals surface area contributed by atoms with Gasteiger partial charge in [-0.15, -0.1) is 0 Å². The van der Waals surface area contributed by atoms with Gasteiger partial charge >= 0.3 is 0 Å². The molecule has 0 aromatic carbocycles. The first-order valence-corrected chi connectivity index (χ1v) is 9.43. The summed E-state index contributed by atoms with van der Waals surface area (Å²) in [6.07, 6.45) is 9.79. The van der Waals surface area contributed by atoms with Crippen LogP contribution in [-0.2, 0) is 0 Å². The molecule has 0 amide bonds. The van der Waals surface area contributed by atoms with Gasteiger partial charge in [0.2, 0.25) is 0 Å². The lowest BCUT2D eigenvalue weighted by atomic mass is 10.00. The minimum atomic E-state index is 0.848. The van der Waals surface area contributed by atoms with E-state index in [2.05, 4.69) is 29.0 Å². The van der Waals surface area contributed by atoms with Crippen LogP contribution in [0.5, 0.6) is 0 Å². The van der Waals surface area contributed by atoms with Crippen LogP contribution in [0.25, 0.3) is 0 Å². The van der Waals surface area contributed by atoms with E-state index in [1.165, 1.54) is 90.8 Å². The molecule has 2 aliphatic rings. The van der Waals surface area contributed by atoms with E-state index in [0.717, 1.165) is 12.0 Å². The Balaban J connectivity index is 1.49. The molecule has 0 bridgehead atoms. The highest BCUT2D eigenvalue weighted by molar-refractivity contribution is 4.81. The summed E-state index contributed by atoms with van der Waals surface area (Å²) in [5, 5.41) is 3.61. The average Bonchev–Trinajstić information content (AvgIpc) is 2.52. The Morgan fingerprint density at radius 2 is 1.67 bits per heavy atom. The monoisotopic (exact) mass is 295 g/mol. The van der Waals surface area contributed by atoms with Crippen molar-refractivity contribution in [2.24, 2.45) is 5.92 Å². The van der Waals surface area contributed by atoms with Crippen molar-refractivity contribution < 1.29 is 0 Å². The van der Waals surface area contributed by atoms with Crippen LogP contribution in [0.4, 0.5) is 0 Å². The Morgan fingerprint density at radius 1 is 0.952 bits per heavy atom. The van der Waals surface area contributed by atoms with Gasteiger partial charge in [0, 0.05) is 19.1 Å². The number of nitrogens with zero attached hydrogens (tertiary/aromatic N) is 2. The predicted octanol–water partition coefficient (Wildman–Crippen LogP) is 2.96. The molecule has 3 heteroatoms. The molecule has 0 aromatic rings. The largest absolute Gasteiger partial charge is 0.315 e. The van der Waals surface area contributed by atoms with E-state index >= 15 is 0 Å². The van der Waals surface area contributed by atoms with E-state index in [9.17, 15) is 0 Å². The van der Waals surface area contributed by atoms with Crippen LogP contribution in [0.3, 0.4) is 0 Å². The van der Waals surface area contributed by atoms with Crippen LogP contribution in [0.1, 0.15) is 58.8 Å². The number of rotatable bonds is 8. The van der Waals surface area contributed by atoms with Crippen molar-refractivity contribution in [1.29, 1.82) is 0 Å². The normalized spacial score (nSPS) is 23.0. The lowest BCUT2D eigenvalue weighted by Gasteiger charge is -2.40. The summed E-state index contributed by atoms with van der Waals surface area (Å²) in [4.78, 5) is 5.43. The molecule has 21 heavy (non-hydrogen) atoms. The summed E-state index contributed by atoms with van der Waals surface area (Å²) in [6, 6.07) is 0.889. The Kier molecular flexibility index (Phi) is 8.05. The third-order valence-electron chi connectivity index (χ3n) is 5.20. The van der Waals surface area contributed by atoms with Crippen molar-refractivity contribution in [2.75, 3.05) is 45.8 Å². The molecule has 0 radical (unpaired) electrons. The van der Waals surface area contributed by atoms with Crippen LogP contribution in [0, 0.1) is 5.92 Å². The van der Waals surface area contributed by atoms with Crippen LogP contribution in [-0.4, -0.2) is 61.7 Å². The molecular weight excluding hydrogens is 258 g/mol. The zero-order valence-electron chi connectivity index (χ0n) is 14.4. The molecule has 124 valence electrons. The molecule has 3 nitrogen and oxygen atoms in total. The molecule has 2 heterocycles. The summed E-state index contributed by atoms with van der Waals surface area (Å²) < 4.78 is 0. The SMILES string of the molecule is CC(C)CCCNCCN1CCC(N2CCCCC2)CC1. The Hall–Kier alpha value is -0.120. The van der Waals surface area contributed by atoms with E-state index in [4.69, 9.17) is 0 Å². The maximum absolute atomic E-state index is 3.61. The summed E-state index contributed by atoms with van der Waals surface area (Å²) in [5.41, 5.74) is 0. The third-order valence-corrected chi connectivity index (χ3v) is 5.20. The van der Waals surface area contributed by atoms with Gasteiger partial charge in [-0.2, -0.15) is 0 Å². The lowest BCUT2D eigenvalue weighted by Crippen LogP contribution is -2.47. The van der Waals surface area contributed by atoms with E-state index in [1.807, 2.05) is 0 Å². The summed E-state index contributed by atoms with van der Waals surface area (Å²) in [5.74, 6) is 0.848. The number of nitrogens with one attached hydrogen (secondary N) is 1. The predicted molar refractivity (Wildman–Crippen MR) is 91.8 cm³/mol.